The Balaban J connectivity index is 2.89. The maximum absolute atomic E-state index is 12.9. The van der Waals surface area contributed by atoms with Crippen molar-refractivity contribution in [3.8, 4) is 5.75 Å². The fourth-order valence-electron chi connectivity index (χ4n) is 1.78. The first-order valence-electron chi connectivity index (χ1n) is 7.86. The van der Waals surface area contributed by atoms with E-state index in [9.17, 15) is 22.8 Å². The number of carbonyl (C=O) groups excluding carboxylic acids is 2. The molecule has 2 N–H and O–H groups in total. The van der Waals surface area contributed by atoms with E-state index in [0.29, 0.717) is 0 Å². The smallest absolute Gasteiger partial charge is 0.416 e. The lowest BCUT2D eigenvalue weighted by atomic mass is 9.96. The van der Waals surface area contributed by atoms with Crippen LogP contribution in [0.25, 0.3) is 0 Å². The summed E-state index contributed by atoms with van der Waals surface area (Å²) in [7, 11) is 1.46. The van der Waals surface area contributed by atoms with Gasteiger partial charge in [0.05, 0.1) is 24.4 Å². The van der Waals surface area contributed by atoms with E-state index in [0.717, 1.165) is 18.2 Å². The number of amides is 2. The van der Waals surface area contributed by atoms with Gasteiger partial charge in [0.25, 0.3) is 0 Å². The van der Waals surface area contributed by atoms with Crippen molar-refractivity contribution in [1.82, 2.24) is 5.32 Å². The Hall–Kier alpha value is -2.29. The highest BCUT2D eigenvalue weighted by atomic mass is 19.4. The van der Waals surface area contributed by atoms with Gasteiger partial charge in [0.2, 0.25) is 11.8 Å². The van der Waals surface area contributed by atoms with Gasteiger partial charge in [0.1, 0.15) is 12.4 Å². The summed E-state index contributed by atoms with van der Waals surface area (Å²) in [5.41, 5.74) is -1.75. The van der Waals surface area contributed by atoms with E-state index in [1.165, 1.54) is 7.11 Å². The summed E-state index contributed by atoms with van der Waals surface area (Å²) in [4.78, 5) is 23.8. The first kappa shape index (κ1) is 21.8. The minimum atomic E-state index is -4.56. The molecule has 0 fully saturated rings. The number of nitrogens with one attached hydrogen (secondary N) is 2. The second-order valence-corrected chi connectivity index (χ2v) is 6.53. The summed E-state index contributed by atoms with van der Waals surface area (Å²) < 4.78 is 48.8. The van der Waals surface area contributed by atoms with E-state index in [1.807, 2.05) is 0 Å². The first-order valence-corrected chi connectivity index (χ1v) is 7.86. The molecule has 2 amide bonds. The molecule has 0 radical (unpaired) electrons. The van der Waals surface area contributed by atoms with Gasteiger partial charge in [-0.15, -0.1) is 0 Å². The number of ether oxygens (including phenoxy) is 2. The van der Waals surface area contributed by atoms with Crippen LogP contribution in [0.3, 0.4) is 0 Å². The van der Waals surface area contributed by atoms with E-state index in [2.05, 4.69) is 10.6 Å². The van der Waals surface area contributed by atoms with E-state index in [-0.39, 0.29) is 37.1 Å². The van der Waals surface area contributed by atoms with Crippen LogP contribution in [-0.4, -0.2) is 38.7 Å². The second kappa shape index (κ2) is 8.88. The third kappa shape index (κ3) is 6.91. The van der Waals surface area contributed by atoms with Crippen molar-refractivity contribution >= 4 is 17.5 Å². The number of benzene rings is 1. The quantitative estimate of drug-likeness (QED) is 0.718. The van der Waals surface area contributed by atoms with Gasteiger partial charge < -0.3 is 20.1 Å². The maximum Gasteiger partial charge on any atom is 0.416 e. The van der Waals surface area contributed by atoms with Gasteiger partial charge in [-0.3, -0.25) is 9.59 Å². The highest BCUT2D eigenvalue weighted by Gasteiger charge is 2.31. The molecular formula is C17H23F3N2O4. The van der Waals surface area contributed by atoms with Gasteiger partial charge in [-0.25, -0.2) is 0 Å². The molecule has 0 aromatic heterocycles. The van der Waals surface area contributed by atoms with E-state index >= 15 is 0 Å². The summed E-state index contributed by atoms with van der Waals surface area (Å²) in [6.07, 6.45) is -4.56. The van der Waals surface area contributed by atoms with Gasteiger partial charge in [-0.1, -0.05) is 20.8 Å². The molecule has 0 saturated heterocycles. The average molecular weight is 376 g/mol. The average Bonchev–Trinajstić information content (AvgIpc) is 2.52. The van der Waals surface area contributed by atoms with Gasteiger partial charge >= 0.3 is 6.18 Å². The number of alkyl halides is 3. The minimum Gasteiger partial charge on any atom is -0.489 e. The normalized spacial score (nSPS) is 11.8. The molecule has 0 aliphatic heterocycles. The fraction of sp³-hybridized carbons (Fsp3) is 0.529. The van der Waals surface area contributed by atoms with Crippen molar-refractivity contribution in [1.29, 1.82) is 0 Å². The van der Waals surface area contributed by atoms with Gasteiger partial charge in [0, 0.05) is 12.5 Å². The molecule has 0 bridgehead atoms. The Bertz CT molecular complexity index is 640. The number of hydrogen-bond donors (Lipinski definition) is 2. The number of anilines is 1. The molecule has 1 aromatic carbocycles. The Morgan fingerprint density at radius 1 is 1.12 bits per heavy atom. The standard InChI is InChI=1S/C17H23F3N2O4/c1-16(2,3)15(24)21-10-14(23)22-12-9-11(17(18,19)20)5-6-13(12)26-8-7-25-4/h5-6,9H,7-8,10H2,1-4H3,(H,21,24)(H,22,23). The van der Waals surface area contributed by atoms with Gasteiger partial charge in [0.15, 0.2) is 0 Å². The molecule has 0 saturated carbocycles. The number of methoxy groups -OCH3 is 1. The van der Waals surface area contributed by atoms with Crippen molar-refractivity contribution in [2.45, 2.75) is 26.9 Å². The Morgan fingerprint density at radius 2 is 1.77 bits per heavy atom. The molecule has 0 atom stereocenters. The molecular weight excluding hydrogens is 353 g/mol. The second-order valence-electron chi connectivity index (χ2n) is 6.53. The first-order chi connectivity index (χ1) is 11.9. The third-order valence-corrected chi connectivity index (χ3v) is 3.22. The zero-order valence-electron chi connectivity index (χ0n) is 15.1. The van der Waals surface area contributed by atoms with Crippen LogP contribution in [0.2, 0.25) is 0 Å². The van der Waals surface area contributed by atoms with Crippen molar-refractivity contribution in [3.05, 3.63) is 23.8 Å². The van der Waals surface area contributed by atoms with Crippen LogP contribution in [0, 0.1) is 5.41 Å². The van der Waals surface area contributed by atoms with Crippen LogP contribution in [-0.2, 0) is 20.5 Å². The maximum atomic E-state index is 12.9. The molecule has 26 heavy (non-hydrogen) atoms. The number of halogens is 3. The van der Waals surface area contributed by atoms with Crippen LogP contribution >= 0.6 is 0 Å². The fourth-order valence-corrected chi connectivity index (χ4v) is 1.78. The van der Waals surface area contributed by atoms with Crippen LogP contribution in [0.1, 0.15) is 26.3 Å². The topological polar surface area (TPSA) is 76.7 Å². The molecule has 6 nitrogen and oxygen atoms in total. The molecule has 146 valence electrons. The highest BCUT2D eigenvalue weighted by molar-refractivity contribution is 5.96. The van der Waals surface area contributed by atoms with Crippen LogP contribution < -0.4 is 15.4 Å². The summed E-state index contributed by atoms with van der Waals surface area (Å²) in [6, 6.07) is 2.77. The van der Waals surface area contributed by atoms with E-state index < -0.39 is 23.1 Å². The Labute approximate surface area is 150 Å². The SMILES string of the molecule is COCCOc1ccc(C(F)(F)F)cc1NC(=O)CNC(=O)C(C)(C)C. The van der Waals surface area contributed by atoms with Crippen molar-refractivity contribution in [2.75, 3.05) is 32.2 Å². The number of carbonyl (C=O) groups is 2. The molecule has 0 unspecified atom stereocenters. The summed E-state index contributed by atoms with van der Waals surface area (Å²) >= 11 is 0. The van der Waals surface area contributed by atoms with Crippen molar-refractivity contribution in [3.63, 3.8) is 0 Å². The Morgan fingerprint density at radius 3 is 2.31 bits per heavy atom. The highest BCUT2D eigenvalue weighted by Crippen LogP contribution is 2.35. The summed E-state index contributed by atoms with van der Waals surface area (Å²) in [5, 5.41) is 4.76. The monoisotopic (exact) mass is 376 g/mol. The Kier molecular flexibility index (Phi) is 7.43. The zero-order chi connectivity index (χ0) is 20.0. The lowest BCUT2D eigenvalue weighted by Crippen LogP contribution is -2.39. The summed E-state index contributed by atoms with van der Waals surface area (Å²) in [6.45, 7) is 4.99. The molecule has 1 aromatic rings. The predicted molar refractivity (Wildman–Crippen MR) is 89.9 cm³/mol. The lowest BCUT2D eigenvalue weighted by molar-refractivity contribution is -0.137. The molecule has 0 heterocycles. The zero-order valence-corrected chi connectivity index (χ0v) is 15.1. The van der Waals surface area contributed by atoms with Crippen LogP contribution in [0.15, 0.2) is 18.2 Å². The van der Waals surface area contributed by atoms with Crippen molar-refractivity contribution < 1.29 is 32.2 Å². The number of rotatable bonds is 7. The van der Waals surface area contributed by atoms with E-state index in [4.69, 9.17) is 9.47 Å². The van der Waals surface area contributed by atoms with Crippen molar-refractivity contribution in [2.24, 2.45) is 5.41 Å². The minimum absolute atomic E-state index is 0.0746. The molecule has 0 spiro atoms. The summed E-state index contributed by atoms with van der Waals surface area (Å²) in [5.74, 6) is -0.947. The van der Waals surface area contributed by atoms with Gasteiger partial charge in [-0.05, 0) is 18.2 Å². The molecule has 9 heteroatoms. The number of hydrogen-bond acceptors (Lipinski definition) is 4. The van der Waals surface area contributed by atoms with E-state index in [1.54, 1.807) is 20.8 Å². The van der Waals surface area contributed by atoms with Gasteiger partial charge in [-0.2, -0.15) is 13.2 Å². The van der Waals surface area contributed by atoms with Crippen LogP contribution in [0.4, 0.5) is 18.9 Å². The molecule has 1 rings (SSSR count). The molecule has 0 aliphatic carbocycles. The largest absolute Gasteiger partial charge is 0.489 e. The predicted octanol–water partition coefficient (Wildman–Crippen LogP) is 2.83. The lowest BCUT2D eigenvalue weighted by Gasteiger charge is -2.18. The third-order valence-electron chi connectivity index (χ3n) is 3.22. The van der Waals surface area contributed by atoms with Crippen LogP contribution in [0.5, 0.6) is 5.75 Å². The molecule has 0 aliphatic rings.